The van der Waals surface area contributed by atoms with Crippen LogP contribution in [0.1, 0.15) is 12.8 Å². The lowest BCUT2D eigenvalue weighted by atomic mass is 10.0. The molecule has 2 amide bonds. The minimum atomic E-state index is -3.34. The number of hydrogen-bond acceptors (Lipinski definition) is 9. The van der Waals surface area contributed by atoms with E-state index < -0.39 is 34.0 Å². The van der Waals surface area contributed by atoms with Crippen LogP contribution in [0, 0.1) is 11.2 Å². The molecule has 5 rings (SSSR count). The zero-order valence-corrected chi connectivity index (χ0v) is 22.7. The van der Waals surface area contributed by atoms with Crippen LogP contribution in [-0.4, -0.2) is 39.4 Å². The molecule has 2 N–H and O–H groups in total. The van der Waals surface area contributed by atoms with Crippen LogP contribution in [0.5, 0.6) is 28.7 Å². The molecule has 11 nitrogen and oxygen atoms in total. The molecule has 0 spiro atoms. The second-order valence-corrected chi connectivity index (χ2v) is 9.74. The van der Waals surface area contributed by atoms with Gasteiger partial charge in [-0.25, -0.2) is 4.39 Å². The molecule has 1 aromatic heterocycles. The molecule has 0 atom stereocenters. The van der Waals surface area contributed by atoms with Gasteiger partial charge < -0.3 is 29.0 Å². The Balaban J connectivity index is 1.27. The monoisotopic (exact) mass is 581 g/mol. The summed E-state index contributed by atoms with van der Waals surface area (Å²) in [6.07, 6.45) is 2.17. The molecule has 13 heteroatoms. The summed E-state index contributed by atoms with van der Waals surface area (Å²) in [5.74, 6) is -0.250. The van der Waals surface area contributed by atoms with Crippen molar-refractivity contribution in [3.8, 4) is 28.7 Å². The first kappa shape index (κ1) is 27.6. The van der Waals surface area contributed by atoms with E-state index >= 15 is 0 Å². The first-order valence-corrected chi connectivity index (χ1v) is 13.4. The highest BCUT2D eigenvalue weighted by Crippen LogP contribution is 2.48. The lowest BCUT2D eigenvalue weighted by molar-refractivity contribution is -0.131. The van der Waals surface area contributed by atoms with E-state index in [-0.39, 0.29) is 24.3 Å². The largest absolute Gasteiger partial charge is 0.493 e. The first-order valence-electron chi connectivity index (χ1n) is 12.3. The van der Waals surface area contributed by atoms with E-state index in [4.69, 9.17) is 14.2 Å². The number of pyridine rings is 1. The van der Waals surface area contributed by atoms with Gasteiger partial charge in [0.1, 0.15) is 22.7 Å². The van der Waals surface area contributed by atoms with Crippen LogP contribution in [0.25, 0.3) is 10.9 Å². The van der Waals surface area contributed by atoms with Gasteiger partial charge in [-0.15, -0.1) is 0 Å². The number of fused-ring (bicyclic) bond motifs is 1. The van der Waals surface area contributed by atoms with Gasteiger partial charge in [0.05, 0.1) is 25.4 Å². The number of benzene rings is 3. The van der Waals surface area contributed by atoms with E-state index in [9.17, 15) is 22.4 Å². The number of hydrogen-bond donors (Lipinski definition) is 3. The number of anilines is 2. The third-order valence-corrected chi connectivity index (χ3v) is 6.88. The van der Waals surface area contributed by atoms with E-state index in [1.54, 1.807) is 55.8 Å². The summed E-state index contributed by atoms with van der Waals surface area (Å²) in [5, 5.41) is 5.92. The summed E-state index contributed by atoms with van der Waals surface area (Å²) in [6, 6.07) is 14.8. The van der Waals surface area contributed by atoms with Crippen molar-refractivity contribution in [1.29, 1.82) is 0 Å². The second kappa shape index (κ2) is 11.3. The Labute approximate surface area is 235 Å². The number of nitrogens with one attached hydrogen (secondary N) is 2. The van der Waals surface area contributed by atoms with Gasteiger partial charge in [-0.1, -0.05) is 0 Å². The number of methoxy groups -OCH3 is 2. The van der Waals surface area contributed by atoms with E-state index in [2.05, 4.69) is 19.8 Å². The number of halogens is 1. The molecular weight excluding hydrogens is 557 g/mol. The Morgan fingerprint density at radius 2 is 1.54 bits per heavy atom. The molecule has 1 fully saturated rings. The lowest BCUT2D eigenvalue weighted by Crippen LogP contribution is -2.35. The molecule has 1 saturated carbocycles. The average molecular weight is 582 g/mol. The van der Waals surface area contributed by atoms with Crippen LogP contribution in [0.4, 0.5) is 15.8 Å². The maximum absolute atomic E-state index is 13.6. The highest BCUT2D eigenvalue weighted by molar-refractivity contribution is 7.67. The molecule has 1 aliphatic carbocycles. The third-order valence-electron chi connectivity index (χ3n) is 6.53. The van der Waals surface area contributed by atoms with Gasteiger partial charge in [-0.3, -0.25) is 14.6 Å². The van der Waals surface area contributed by atoms with Crippen LogP contribution in [0.15, 0.2) is 66.9 Å². The Hall–Kier alpha value is -4.91. The number of ether oxygens (including phenoxy) is 3. The normalized spacial score (nSPS) is 13.4. The Morgan fingerprint density at radius 3 is 2.20 bits per heavy atom. The summed E-state index contributed by atoms with van der Waals surface area (Å²) in [4.78, 5) is 30.4. The van der Waals surface area contributed by atoms with E-state index in [0.29, 0.717) is 39.6 Å². The molecule has 0 saturated heterocycles. The molecule has 0 radical (unpaired) electrons. The standard InChI is InChI=1S/C28H24FN3O8S/c1-37-24-14-19-21(15-25(24)38-2)30-12-9-22(19)39-18-6-4-17(5-7-18)31-26(33)28(10-11-28)27(34)32-20-8-3-16(29)13-23(20)40-41(35)36/h3-9,12-15,41H,10-11H2,1-2H3,(H,31,33)(H,32,34). The van der Waals surface area contributed by atoms with Crippen molar-refractivity contribution in [1.82, 2.24) is 4.98 Å². The Kier molecular flexibility index (Phi) is 7.62. The summed E-state index contributed by atoms with van der Waals surface area (Å²) in [6.45, 7) is 0. The maximum Gasteiger partial charge on any atom is 0.299 e. The summed E-state index contributed by atoms with van der Waals surface area (Å²) < 4.78 is 56.9. The smallest absolute Gasteiger partial charge is 0.299 e. The van der Waals surface area contributed by atoms with Crippen molar-refractivity contribution in [2.75, 3.05) is 24.9 Å². The Bertz CT molecular complexity index is 1710. The number of aromatic nitrogens is 1. The number of carbonyl (C=O) groups is 2. The van der Waals surface area contributed by atoms with Crippen LogP contribution >= 0.6 is 0 Å². The van der Waals surface area contributed by atoms with E-state index in [0.717, 1.165) is 18.2 Å². The maximum atomic E-state index is 13.6. The van der Waals surface area contributed by atoms with Gasteiger partial charge in [0.2, 0.25) is 11.8 Å². The third kappa shape index (κ3) is 5.84. The van der Waals surface area contributed by atoms with Gasteiger partial charge in [0, 0.05) is 29.4 Å². The van der Waals surface area contributed by atoms with Gasteiger partial charge in [0.25, 0.3) is 11.0 Å². The highest BCUT2D eigenvalue weighted by atomic mass is 32.2. The molecule has 212 valence electrons. The SMILES string of the molecule is COc1cc2nccc(Oc3ccc(NC(=O)C4(C(=O)Nc5ccc(F)cc5O[SH](=O)=O)CC4)cc3)c2cc1OC. The van der Waals surface area contributed by atoms with Crippen LogP contribution in [0.3, 0.4) is 0 Å². The van der Waals surface area contributed by atoms with Crippen molar-refractivity contribution in [3.05, 3.63) is 72.7 Å². The number of amides is 2. The zero-order valence-electron chi connectivity index (χ0n) is 21.8. The molecule has 1 heterocycles. The average Bonchev–Trinajstić information content (AvgIpc) is 3.77. The topological polar surface area (TPSA) is 142 Å². The van der Waals surface area contributed by atoms with Crippen LogP contribution in [-0.2, 0) is 20.6 Å². The number of rotatable bonds is 10. The van der Waals surface area contributed by atoms with Gasteiger partial charge in [-0.05, 0) is 61.4 Å². The molecule has 4 aromatic rings. The number of nitrogens with zero attached hydrogens (tertiary/aromatic N) is 1. The van der Waals surface area contributed by atoms with Crippen LogP contribution in [0.2, 0.25) is 0 Å². The zero-order chi connectivity index (χ0) is 29.1. The fourth-order valence-electron chi connectivity index (χ4n) is 4.20. The van der Waals surface area contributed by atoms with Gasteiger partial charge >= 0.3 is 0 Å². The molecule has 3 aromatic carbocycles. The fraction of sp³-hybridized carbons (Fsp3) is 0.179. The lowest BCUT2D eigenvalue weighted by Gasteiger charge is -2.17. The van der Waals surface area contributed by atoms with E-state index in [1.807, 2.05) is 0 Å². The van der Waals surface area contributed by atoms with Crippen LogP contribution < -0.4 is 29.0 Å². The Morgan fingerprint density at radius 1 is 0.854 bits per heavy atom. The number of carbonyl (C=O) groups excluding carboxylic acids is 2. The molecule has 0 unspecified atom stereocenters. The minimum absolute atomic E-state index is 0.0733. The predicted octanol–water partition coefficient (Wildman–Crippen LogP) is 4.45. The molecule has 41 heavy (non-hydrogen) atoms. The molecule has 1 aliphatic rings. The highest BCUT2D eigenvalue weighted by Gasteiger charge is 2.56. The van der Waals surface area contributed by atoms with Gasteiger partial charge in [-0.2, -0.15) is 8.42 Å². The summed E-state index contributed by atoms with van der Waals surface area (Å²) in [7, 11) is -0.263. The fourth-order valence-corrected chi connectivity index (χ4v) is 4.51. The minimum Gasteiger partial charge on any atom is -0.493 e. The van der Waals surface area contributed by atoms with Crippen molar-refractivity contribution in [3.63, 3.8) is 0 Å². The van der Waals surface area contributed by atoms with Crippen molar-refractivity contribution in [2.45, 2.75) is 12.8 Å². The summed E-state index contributed by atoms with van der Waals surface area (Å²) >= 11 is 0. The summed E-state index contributed by atoms with van der Waals surface area (Å²) in [5.41, 5.74) is -0.355. The second-order valence-electron chi connectivity index (χ2n) is 9.11. The van der Waals surface area contributed by atoms with Crippen molar-refractivity contribution in [2.24, 2.45) is 5.41 Å². The molecule has 0 bridgehead atoms. The molecular formula is C28H24FN3O8S. The molecule has 0 aliphatic heterocycles. The van der Waals surface area contributed by atoms with E-state index in [1.165, 1.54) is 7.11 Å². The van der Waals surface area contributed by atoms with Gasteiger partial charge in [0.15, 0.2) is 17.2 Å². The van der Waals surface area contributed by atoms with Crippen molar-refractivity contribution >= 4 is 45.1 Å². The van der Waals surface area contributed by atoms with Crippen molar-refractivity contribution < 1.29 is 40.8 Å². The number of thiol groups is 1. The quantitative estimate of drug-likeness (QED) is 0.183. The first-order chi connectivity index (χ1) is 19.7. The predicted molar refractivity (Wildman–Crippen MR) is 148 cm³/mol.